The van der Waals surface area contributed by atoms with E-state index in [9.17, 15) is 9.59 Å². The Hall–Kier alpha value is -3.61. The second-order valence-electron chi connectivity index (χ2n) is 7.23. The van der Waals surface area contributed by atoms with Crippen LogP contribution in [0.25, 0.3) is 10.9 Å². The van der Waals surface area contributed by atoms with E-state index in [1.807, 2.05) is 56.3 Å². The molecule has 2 amide bonds. The second kappa shape index (κ2) is 11.1. The molecule has 168 valence electrons. The molecule has 2 aliphatic rings. The number of fused-ring (bicyclic) bond motifs is 3. The third-order valence-corrected chi connectivity index (χ3v) is 5.08. The highest BCUT2D eigenvalue weighted by Gasteiger charge is 2.22. The summed E-state index contributed by atoms with van der Waals surface area (Å²) in [6, 6.07) is 17.8. The second-order valence-corrected chi connectivity index (χ2v) is 7.23. The number of ether oxygens (including phenoxy) is 2. The lowest BCUT2D eigenvalue weighted by atomic mass is 10.0. The predicted molar refractivity (Wildman–Crippen MR) is 123 cm³/mol. The zero-order valence-electron chi connectivity index (χ0n) is 18.8. The van der Waals surface area contributed by atoms with E-state index in [-0.39, 0.29) is 12.5 Å². The summed E-state index contributed by atoms with van der Waals surface area (Å²) in [5, 5.41) is 1.14. The minimum absolute atomic E-state index is 0.0368. The van der Waals surface area contributed by atoms with Crippen LogP contribution >= 0.6 is 0 Å². The van der Waals surface area contributed by atoms with Gasteiger partial charge in [0.05, 0.1) is 24.3 Å². The minimum Gasteiger partial charge on any atom is -0.454 e. The van der Waals surface area contributed by atoms with E-state index in [4.69, 9.17) is 9.47 Å². The van der Waals surface area contributed by atoms with Crippen LogP contribution in [-0.4, -0.2) is 54.0 Å². The maximum Gasteiger partial charge on any atom is 0.242 e. The van der Waals surface area contributed by atoms with Crippen LogP contribution in [0.3, 0.4) is 0 Å². The topological polar surface area (TPSA) is 72.0 Å². The Balaban J connectivity index is 0.000000218. The first-order valence-corrected chi connectivity index (χ1v) is 10.8. The number of nitrogens with zero attached hydrogens (tertiary/aromatic N) is 3. The van der Waals surface area contributed by atoms with Gasteiger partial charge in [0.15, 0.2) is 11.5 Å². The van der Waals surface area contributed by atoms with Crippen molar-refractivity contribution in [3.63, 3.8) is 0 Å². The summed E-state index contributed by atoms with van der Waals surface area (Å²) >= 11 is 0. The molecule has 7 nitrogen and oxygen atoms in total. The van der Waals surface area contributed by atoms with E-state index in [1.165, 1.54) is 10.5 Å². The molecule has 0 bridgehead atoms. The lowest BCUT2D eigenvalue weighted by molar-refractivity contribution is -0.135. The predicted octanol–water partition coefficient (Wildman–Crippen LogP) is 3.65. The Bertz CT molecular complexity index is 1050. The maximum atomic E-state index is 12.1. The molecule has 32 heavy (non-hydrogen) atoms. The van der Waals surface area contributed by atoms with Gasteiger partial charge in [0.2, 0.25) is 19.1 Å². The zero-order valence-corrected chi connectivity index (χ0v) is 18.8. The summed E-state index contributed by atoms with van der Waals surface area (Å²) in [6.45, 7) is 5.68. The Morgan fingerprint density at radius 3 is 2.44 bits per heavy atom. The highest BCUT2D eigenvalue weighted by molar-refractivity contribution is 5.82. The highest BCUT2D eigenvalue weighted by Crippen LogP contribution is 2.30. The highest BCUT2D eigenvalue weighted by atomic mass is 16.7. The van der Waals surface area contributed by atoms with Crippen LogP contribution in [-0.2, 0) is 22.6 Å². The molecule has 0 fully saturated rings. The fourth-order valence-corrected chi connectivity index (χ4v) is 3.48. The van der Waals surface area contributed by atoms with Gasteiger partial charge < -0.3 is 19.3 Å². The number of rotatable bonds is 3. The van der Waals surface area contributed by atoms with Gasteiger partial charge in [-0.15, -0.1) is 0 Å². The van der Waals surface area contributed by atoms with Crippen LogP contribution < -0.4 is 9.47 Å². The smallest absolute Gasteiger partial charge is 0.242 e. The van der Waals surface area contributed by atoms with Gasteiger partial charge in [0, 0.05) is 19.0 Å². The number of aromatic nitrogens is 1. The van der Waals surface area contributed by atoms with Gasteiger partial charge >= 0.3 is 0 Å². The molecule has 3 heterocycles. The quantitative estimate of drug-likeness (QED) is 0.588. The van der Waals surface area contributed by atoms with Crippen molar-refractivity contribution in [2.45, 2.75) is 26.8 Å². The molecule has 0 radical (unpaired) electrons. The first-order valence-electron chi connectivity index (χ1n) is 10.8. The van der Waals surface area contributed by atoms with Gasteiger partial charge in [-0.3, -0.25) is 14.6 Å². The summed E-state index contributed by atoms with van der Waals surface area (Å²) < 4.78 is 10.2. The van der Waals surface area contributed by atoms with Crippen LogP contribution in [0.15, 0.2) is 54.6 Å². The monoisotopic (exact) mass is 435 g/mol. The summed E-state index contributed by atoms with van der Waals surface area (Å²) in [4.78, 5) is 30.5. The van der Waals surface area contributed by atoms with E-state index in [2.05, 4.69) is 17.1 Å². The average Bonchev–Trinajstić information content (AvgIpc) is 3.33. The van der Waals surface area contributed by atoms with Crippen molar-refractivity contribution in [2.24, 2.45) is 0 Å². The third-order valence-electron chi connectivity index (χ3n) is 5.08. The van der Waals surface area contributed by atoms with Crippen LogP contribution in [0.1, 0.15) is 25.1 Å². The van der Waals surface area contributed by atoms with E-state index < -0.39 is 0 Å². The molecule has 0 N–H and O–H groups in total. The average molecular weight is 436 g/mol. The molecule has 3 aromatic rings. The van der Waals surface area contributed by atoms with E-state index in [0.717, 1.165) is 34.5 Å². The molecular weight excluding hydrogens is 406 g/mol. The van der Waals surface area contributed by atoms with Gasteiger partial charge in [-0.05, 0) is 36.2 Å². The molecule has 0 atom stereocenters. The molecule has 2 aliphatic heterocycles. The van der Waals surface area contributed by atoms with Crippen molar-refractivity contribution < 1.29 is 19.1 Å². The molecular formula is C25H29N3O4. The van der Waals surface area contributed by atoms with Crippen molar-refractivity contribution in [1.29, 1.82) is 0 Å². The lowest BCUT2D eigenvalue weighted by Gasteiger charge is -2.29. The summed E-state index contributed by atoms with van der Waals surface area (Å²) in [6.07, 6.45) is 1.48. The Morgan fingerprint density at radius 2 is 1.75 bits per heavy atom. The number of likely N-dealkylation sites (N-methyl/N-ethyl adjacent to an activating group) is 1. The molecule has 0 aliphatic carbocycles. The fourth-order valence-electron chi connectivity index (χ4n) is 3.48. The van der Waals surface area contributed by atoms with Crippen LogP contribution in [0.2, 0.25) is 0 Å². The normalized spacial score (nSPS) is 13.2. The van der Waals surface area contributed by atoms with Crippen molar-refractivity contribution in [3.05, 3.63) is 65.9 Å². The van der Waals surface area contributed by atoms with Gasteiger partial charge in [0.25, 0.3) is 0 Å². The first kappa shape index (κ1) is 23.1. The zero-order chi connectivity index (χ0) is 22.9. The summed E-state index contributed by atoms with van der Waals surface area (Å²) in [7, 11) is 1.61. The molecule has 7 heteroatoms. The number of hydrogen-bond acceptors (Lipinski definition) is 5. The molecule has 0 spiro atoms. The van der Waals surface area contributed by atoms with Crippen LogP contribution in [0.4, 0.5) is 0 Å². The van der Waals surface area contributed by atoms with Crippen molar-refractivity contribution in [1.82, 2.24) is 14.8 Å². The molecule has 5 rings (SSSR count). The Kier molecular flexibility index (Phi) is 8.02. The number of para-hydroxylation sites is 3. The SMILES string of the molecule is CC.CN(C=O)CC(=O)N1CCc2cc3ccccc3nc2C1.c1ccc2c(c1)OCO2. The third kappa shape index (κ3) is 5.55. The van der Waals surface area contributed by atoms with E-state index >= 15 is 0 Å². The van der Waals surface area contributed by atoms with Crippen LogP contribution in [0, 0.1) is 0 Å². The summed E-state index contributed by atoms with van der Waals surface area (Å²) in [5.74, 6) is 1.65. The lowest BCUT2D eigenvalue weighted by Crippen LogP contribution is -2.41. The number of benzene rings is 2. The van der Waals surface area contributed by atoms with Crippen molar-refractivity contribution in [2.75, 3.05) is 26.9 Å². The Morgan fingerprint density at radius 1 is 1.09 bits per heavy atom. The van der Waals surface area contributed by atoms with E-state index in [1.54, 1.807) is 11.9 Å². The number of carbonyl (C=O) groups excluding carboxylic acids is 2. The van der Waals surface area contributed by atoms with Gasteiger partial charge in [0.1, 0.15) is 0 Å². The minimum atomic E-state index is -0.0368. The van der Waals surface area contributed by atoms with Crippen molar-refractivity contribution in [3.8, 4) is 11.5 Å². The Labute approximate surface area is 188 Å². The molecule has 0 unspecified atom stereocenters. The molecule has 0 saturated carbocycles. The first-order chi connectivity index (χ1) is 15.6. The van der Waals surface area contributed by atoms with Crippen LogP contribution in [0.5, 0.6) is 11.5 Å². The van der Waals surface area contributed by atoms with E-state index in [0.29, 0.717) is 26.3 Å². The number of carbonyl (C=O) groups is 2. The standard InChI is InChI=1S/C16H17N3O2.C7H6O2.C2H6/c1-18(11-20)10-16(21)19-7-6-13-8-12-4-2-3-5-14(12)17-15(13)9-19;1-2-4-7-6(3-1)8-5-9-7;1-2/h2-5,8,11H,6-7,9-10H2,1H3;1-4H,5H2;1-2H3. The number of amides is 2. The molecule has 2 aromatic carbocycles. The summed E-state index contributed by atoms with van der Waals surface area (Å²) in [5.41, 5.74) is 3.12. The largest absolute Gasteiger partial charge is 0.454 e. The van der Waals surface area contributed by atoms with Gasteiger partial charge in [-0.2, -0.15) is 0 Å². The van der Waals surface area contributed by atoms with Crippen molar-refractivity contribution >= 4 is 23.2 Å². The number of pyridine rings is 1. The molecule has 0 saturated heterocycles. The van der Waals surface area contributed by atoms with Gasteiger partial charge in [-0.1, -0.05) is 44.2 Å². The maximum absolute atomic E-state index is 12.1. The number of hydrogen-bond donors (Lipinski definition) is 0. The fraction of sp³-hybridized carbons (Fsp3) is 0.320. The van der Waals surface area contributed by atoms with Gasteiger partial charge in [-0.25, -0.2) is 0 Å². The molecule has 1 aromatic heterocycles.